The zero-order valence-electron chi connectivity index (χ0n) is 13.8. The predicted octanol–water partition coefficient (Wildman–Crippen LogP) is 2.32. The molecule has 1 aliphatic rings. The summed E-state index contributed by atoms with van der Waals surface area (Å²) in [5.74, 6) is 0.304. The topological polar surface area (TPSA) is 58.6 Å². The Labute approximate surface area is 141 Å². The summed E-state index contributed by atoms with van der Waals surface area (Å²) in [6, 6.07) is 14.1. The van der Waals surface area contributed by atoms with Crippen molar-refractivity contribution in [2.45, 2.75) is 13.0 Å². The first kappa shape index (κ1) is 16.1. The quantitative estimate of drug-likeness (QED) is 0.942. The Morgan fingerprint density at radius 2 is 2.00 bits per heavy atom. The molecule has 1 unspecified atom stereocenters. The van der Waals surface area contributed by atoms with Gasteiger partial charge in [-0.05, 0) is 36.2 Å². The van der Waals surface area contributed by atoms with Crippen molar-refractivity contribution in [2.24, 2.45) is 0 Å². The molecular formula is C19H20N2O3. The number of carbonyl (C=O) groups excluding carboxylic acids is 2. The molecule has 1 fully saturated rings. The maximum atomic E-state index is 13.0. The van der Waals surface area contributed by atoms with Gasteiger partial charge < -0.3 is 15.0 Å². The summed E-state index contributed by atoms with van der Waals surface area (Å²) in [5.41, 5.74) is 2.36. The minimum atomic E-state index is -0.612. The molecule has 24 heavy (non-hydrogen) atoms. The Morgan fingerprint density at radius 1 is 1.21 bits per heavy atom. The second kappa shape index (κ2) is 6.74. The summed E-state index contributed by atoms with van der Waals surface area (Å²) in [7, 11) is 1.56. The highest BCUT2D eigenvalue weighted by Gasteiger charge is 2.35. The molecule has 5 heteroatoms. The van der Waals surface area contributed by atoms with Gasteiger partial charge in [-0.15, -0.1) is 0 Å². The number of nitrogens with zero attached hydrogens (tertiary/aromatic N) is 1. The number of carbonyl (C=O) groups is 2. The largest absolute Gasteiger partial charge is 0.497 e. The van der Waals surface area contributed by atoms with Crippen LogP contribution in [-0.4, -0.2) is 36.9 Å². The van der Waals surface area contributed by atoms with E-state index in [9.17, 15) is 9.59 Å². The van der Waals surface area contributed by atoms with E-state index < -0.39 is 6.04 Å². The van der Waals surface area contributed by atoms with Gasteiger partial charge in [-0.3, -0.25) is 9.59 Å². The molecule has 0 aromatic heterocycles. The zero-order chi connectivity index (χ0) is 17.1. The maximum Gasteiger partial charge on any atom is 0.255 e. The molecule has 1 N–H and O–H groups in total. The highest BCUT2D eigenvalue weighted by molar-refractivity contribution is 5.99. The molecule has 0 radical (unpaired) electrons. The highest BCUT2D eigenvalue weighted by Crippen LogP contribution is 2.28. The molecule has 0 bridgehead atoms. The molecule has 0 saturated carbocycles. The Morgan fingerprint density at radius 3 is 2.75 bits per heavy atom. The van der Waals surface area contributed by atoms with Crippen molar-refractivity contribution in [3.8, 4) is 5.75 Å². The van der Waals surface area contributed by atoms with Crippen LogP contribution in [0.5, 0.6) is 5.75 Å². The van der Waals surface area contributed by atoms with Gasteiger partial charge in [-0.1, -0.05) is 30.3 Å². The van der Waals surface area contributed by atoms with Gasteiger partial charge >= 0.3 is 0 Å². The van der Waals surface area contributed by atoms with E-state index in [-0.39, 0.29) is 11.8 Å². The summed E-state index contributed by atoms with van der Waals surface area (Å²) in [6.45, 7) is 2.88. The maximum absolute atomic E-state index is 13.0. The SMILES string of the molecule is COc1cccc(C(=O)N2CCNC(=O)C2c2ccccc2C)c1. The molecule has 0 aliphatic carbocycles. The van der Waals surface area contributed by atoms with Gasteiger partial charge in [0.05, 0.1) is 7.11 Å². The number of methoxy groups -OCH3 is 1. The summed E-state index contributed by atoms with van der Waals surface area (Å²) in [6.07, 6.45) is 0. The van der Waals surface area contributed by atoms with Crippen molar-refractivity contribution in [3.05, 3.63) is 65.2 Å². The molecule has 0 spiro atoms. The van der Waals surface area contributed by atoms with Gasteiger partial charge in [0.1, 0.15) is 11.8 Å². The van der Waals surface area contributed by atoms with Gasteiger partial charge in [-0.2, -0.15) is 0 Å². The number of hydrogen-bond acceptors (Lipinski definition) is 3. The number of nitrogens with one attached hydrogen (secondary N) is 1. The van der Waals surface area contributed by atoms with Crippen molar-refractivity contribution in [1.82, 2.24) is 10.2 Å². The van der Waals surface area contributed by atoms with Gasteiger partial charge in [0.25, 0.3) is 5.91 Å². The van der Waals surface area contributed by atoms with Crippen LogP contribution in [0, 0.1) is 6.92 Å². The third kappa shape index (κ3) is 2.97. The summed E-state index contributed by atoms with van der Waals surface area (Å²) < 4.78 is 5.19. The molecular weight excluding hydrogens is 304 g/mol. The first-order chi connectivity index (χ1) is 11.6. The molecule has 2 aromatic carbocycles. The van der Waals surface area contributed by atoms with Crippen LogP contribution in [0.2, 0.25) is 0 Å². The van der Waals surface area contributed by atoms with E-state index in [1.54, 1.807) is 36.3 Å². The van der Waals surface area contributed by atoms with E-state index in [2.05, 4.69) is 5.32 Å². The standard InChI is InChI=1S/C19H20N2O3/c1-13-6-3-4-9-16(13)17-18(22)20-10-11-21(17)19(23)14-7-5-8-15(12-14)24-2/h3-9,12,17H,10-11H2,1-2H3,(H,20,22). The molecule has 3 rings (SSSR count). The smallest absolute Gasteiger partial charge is 0.255 e. The molecule has 1 aliphatic heterocycles. The van der Waals surface area contributed by atoms with E-state index in [0.29, 0.717) is 24.4 Å². The van der Waals surface area contributed by atoms with Crippen molar-refractivity contribution >= 4 is 11.8 Å². The lowest BCUT2D eigenvalue weighted by atomic mass is 9.97. The fraction of sp³-hybridized carbons (Fsp3) is 0.263. The first-order valence-corrected chi connectivity index (χ1v) is 7.90. The van der Waals surface area contributed by atoms with Crippen LogP contribution in [-0.2, 0) is 4.79 Å². The second-order valence-corrected chi connectivity index (χ2v) is 5.78. The van der Waals surface area contributed by atoms with E-state index in [4.69, 9.17) is 4.74 Å². The van der Waals surface area contributed by atoms with E-state index >= 15 is 0 Å². The summed E-state index contributed by atoms with van der Waals surface area (Å²) in [5, 5.41) is 2.86. The lowest BCUT2D eigenvalue weighted by Crippen LogP contribution is -2.52. The molecule has 1 atom stereocenters. The number of ether oxygens (including phenoxy) is 1. The molecule has 2 amide bonds. The van der Waals surface area contributed by atoms with Gasteiger partial charge in [0, 0.05) is 18.7 Å². The van der Waals surface area contributed by atoms with Crippen molar-refractivity contribution in [2.75, 3.05) is 20.2 Å². The Hall–Kier alpha value is -2.82. The van der Waals surface area contributed by atoms with E-state index in [1.165, 1.54) is 0 Å². The van der Waals surface area contributed by atoms with Crippen LogP contribution in [0.1, 0.15) is 27.5 Å². The predicted molar refractivity (Wildman–Crippen MR) is 91.0 cm³/mol. The molecule has 5 nitrogen and oxygen atoms in total. The fourth-order valence-electron chi connectivity index (χ4n) is 3.01. The van der Waals surface area contributed by atoms with E-state index in [1.807, 2.05) is 31.2 Å². The average molecular weight is 324 g/mol. The number of amides is 2. The Kier molecular flexibility index (Phi) is 4.51. The third-order valence-electron chi connectivity index (χ3n) is 4.27. The zero-order valence-corrected chi connectivity index (χ0v) is 13.8. The number of piperazine rings is 1. The van der Waals surface area contributed by atoms with Crippen LogP contribution in [0.15, 0.2) is 48.5 Å². The minimum Gasteiger partial charge on any atom is -0.497 e. The first-order valence-electron chi connectivity index (χ1n) is 7.90. The fourth-order valence-corrected chi connectivity index (χ4v) is 3.01. The second-order valence-electron chi connectivity index (χ2n) is 5.78. The molecule has 1 saturated heterocycles. The van der Waals surface area contributed by atoms with Crippen LogP contribution >= 0.6 is 0 Å². The van der Waals surface area contributed by atoms with Crippen LogP contribution in [0.4, 0.5) is 0 Å². The van der Waals surface area contributed by atoms with E-state index in [0.717, 1.165) is 11.1 Å². The minimum absolute atomic E-state index is 0.146. The normalized spacial score (nSPS) is 17.3. The van der Waals surface area contributed by atoms with Crippen molar-refractivity contribution < 1.29 is 14.3 Å². The third-order valence-corrected chi connectivity index (χ3v) is 4.27. The summed E-state index contributed by atoms with van der Waals surface area (Å²) >= 11 is 0. The number of rotatable bonds is 3. The number of benzene rings is 2. The Balaban J connectivity index is 1.98. The van der Waals surface area contributed by atoms with Crippen LogP contribution in [0.25, 0.3) is 0 Å². The lowest BCUT2D eigenvalue weighted by Gasteiger charge is -2.36. The molecule has 124 valence electrons. The monoisotopic (exact) mass is 324 g/mol. The highest BCUT2D eigenvalue weighted by atomic mass is 16.5. The molecule has 1 heterocycles. The van der Waals surface area contributed by atoms with Gasteiger partial charge in [-0.25, -0.2) is 0 Å². The average Bonchev–Trinajstić information content (AvgIpc) is 2.62. The van der Waals surface area contributed by atoms with Crippen molar-refractivity contribution in [3.63, 3.8) is 0 Å². The molecule has 2 aromatic rings. The van der Waals surface area contributed by atoms with Crippen molar-refractivity contribution in [1.29, 1.82) is 0 Å². The number of hydrogen-bond donors (Lipinski definition) is 1. The van der Waals surface area contributed by atoms with Gasteiger partial charge in [0.2, 0.25) is 5.91 Å². The Bertz CT molecular complexity index is 773. The summed E-state index contributed by atoms with van der Waals surface area (Å²) in [4.78, 5) is 27.1. The van der Waals surface area contributed by atoms with Crippen LogP contribution in [0.3, 0.4) is 0 Å². The van der Waals surface area contributed by atoms with Crippen LogP contribution < -0.4 is 10.1 Å². The lowest BCUT2D eigenvalue weighted by molar-refractivity contribution is -0.128. The number of aryl methyl sites for hydroxylation is 1. The van der Waals surface area contributed by atoms with Gasteiger partial charge in [0.15, 0.2) is 0 Å².